The van der Waals surface area contributed by atoms with Gasteiger partial charge >= 0.3 is 5.97 Å². The number of nitrogens with one attached hydrogen (secondary N) is 2. The van der Waals surface area contributed by atoms with Crippen molar-refractivity contribution in [2.24, 2.45) is 7.05 Å². The lowest BCUT2D eigenvalue weighted by molar-refractivity contribution is -0.139. The summed E-state index contributed by atoms with van der Waals surface area (Å²) in [6.07, 6.45) is 2.74. The number of aromatic amines is 1. The van der Waals surface area contributed by atoms with Crippen molar-refractivity contribution in [3.05, 3.63) is 29.3 Å². The molecule has 2 rings (SSSR count). The van der Waals surface area contributed by atoms with Crippen LogP contribution in [-0.4, -0.2) is 39.5 Å². The third kappa shape index (κ3) is 2.95. The van der Waals surface area contributed by atoms with E-state index in [-0.39, 0.29) is 16.2 Å². The third-order valence-electron chi connectivity index (χ3n) is 2.91. The van der Waals surface area contributed by atoms with Gasteiger partial charge in [-0.15, -0.1) is 0 Å². The summed E-state index contributed by atoms with van der Waals surface area (Å²) in [6, 6.07) is -1.42. The Hall–Kier alpha value is -2.20. The highest BCUT2D eigenvalue weighted by Crippen LogP contribution is 2.21. The zero-order valence-corrected chi connectivity index (χ0v) is 12.5. The first-order chi connectivity index (χ1) is 9.72. The van der Waals surface area contributed by atoms with Crippen LogP contribution >= 0.6 is 0 Å². The summed E-state index contributed by atoms with van der Waals surface area (Å²) in [5.74, 6) is -1.31. The molecule has 3 N–H and O–H groups in total. The topological polar surface area (TPSA) is 130 Å². The van der Waals surface area contributed by atoms with Gasteiger partial charge in [0.1, 0.15) is 10.9 Å². The number of sulfonamides is 1. The van der Waals surface area contributed by atoms with Crippen molar-refractivity contribution >= 4 is 16.0 Å². The van der Waals surface area contributed by atoms with E-state index in [0.717, 1.165) is 0 Å². The quantitative estimate of drug-likeness (QED) is 0.704. The van der Waals surface area contributed by atoms with Crippen LogP contribution in [0.5, 0.6) is 0 Å². The van der Waals surface area contributed by atoms with Gasteiger partial charge in [0, 0.05) is 18.8 Å². The fourth-order valence-corrected chi connectivity index (χ4v) is 3.55. The zero-order chi connectivity index (χ0) is 15.8. The molecule has 0 saturated carbocycles. The van der Waals surface area contributed by atoms with Crippen LogP contribution in [0, 0.1) is 13.8 Å². The Morgan fingerprint density at radius 1 is 1.48 bits per heavy atom. The second-order valence-electron chi connectivity index (χ2n) is 4.60. The van der Waals surface area contributed by atoms with Crippen molar-refractivity contribution in [3.63, 3.8) is 0 Å². The first-order valence-corrected chi connectivity index (χ1v) is 7.46. The zero-order valence-electron chi connectivity index (χ0n) is 11.7. The number of carboxylic acid groups (broad SMARTS) is 1. The SMILES string of the molecule is Cc1n[nH]c(C)c1S(=O)(=O)NC(C(=O)O)c1cnn(C)c1. The van der Waals surface area contributed by atoms with Gasteiger partial charge in [0.2, 0.25) is 10.0 Å². The van der Waals surface area contributed by atoms with Crippen molar-refractivity contribution < 1.29 is 18.3 Å². The van der Waals surface area contributed by atoms with E-state index in [0.29, 0.717) is 5.69 Å². The molecular formula is C11H15N5O4S. The normalized spacial score (nSPS) is 13.3. The lowest BCUT2D eigenvalue weighted by Crippen LogP contribution is -2.34. The largest absolute Gasteiger partial charge is 0.480 e. The Morgan fingerprint density at radius 2 is 2.14 bits per heavy atom. The summed E-state index contributed by atoms with van der Waals surface area (Å²) in [5, 5.41) is 19.5. The predicted octanol–water partition coefficient (Wildman–Crippen LogP) is -0.136. The van der Waals surface area contributed by atoms with Crippen LogP contribution in [0.2, 0.25) is 0 Å². The number of rotatable bonds is 5. The summed E-state index contributed by atoms with van der Waals surface area (Å²) in [6.45, 7) is 3.08. The molecule has 0 bridgehead atoms. The molecule has 10 heteroatoms. The van der Waals surface area contributed by atoms with Crippen LogP contribution in [-0.2, 0) is 21.9 Å². The number of aliphatic carboxylic acids is 1. The molecule has 2 heterocycles. The van der Waals surface area contributed by atoms with Gasteiger partial charge in [0.05, 0.1) is 17.6 Å². The molecule has 0 aliphatic carbocycles. The van der Waals surface area contributed by atoms with Crippen LogP contribution in [0.25, 0.3) is 0 Å². The van der Waals surface area contributed by atoms with Crippen molar-refractivity contribution in [2.45, 2.75) is 24.8 Å². The average Bonchev–Trinajstić information content (AvgIpc) is 2.93. The molecule has 2 aromatic heterocycles. The van der Waals surface area contributed by atoms with Crippen LogP contribution in [0.1, 0.15) is 23.0 Å². The maximum Gasteiger partial charge on any atom is 0.326 e. The fourth-order valence-electron chi connectivity index (χ4n) is 2.00. The highest BCUT2D eigenvalue weighted by Gasteiger charge is 2.30. The van der Waals surface area contributed by atoms with E-state index < -0.39 is 22.0 Å². The molecule has 1 unspecified atom stereocenters. The van der Waals surface area contributed by atoms with E-state index in [4.69, 9.17) is 0 Å². The number of aryl methyl sites for hydroxylation is 3. The molecule has 21 heavy (non-hydrogen) atoms. The number of carbonyl (C=O) groups is 1. The lowest BCUT2D eigenvalue weighted by Gasteiger charge is -2.13. The lowest BCUT2D eigenvalue weighted by atomic mass is 10.2. The van der Waals surface area contributed by atoms with Gasteiger partial charge in [-0.3, -0.25) is 14.6 Å². The van der Waals surface area contributed by atoms with E-state index in [1.165, 1.54) is 24.0 Å². The summed E-state index contributed by atoms with van der Waals surface area (Å²) in [7, 11) is -2.41. The van der Waals surface area contributed by atoms with E-state index in [2.05, 4.69) is 20.0 Å². The molecule has 0 amide bonds. The molecule has 0 saturated heterocycles. The molecule has 0 aliphatic heterocycles. The van der Waals surface area contributed by atoms with Gasteiger partial charge in [-0.05, 0) is 13.8 Å². The molecule has 0 fully saturated rings. The van der Waals surface area contributed by atoms with E-state index in [1.807, 2.05) is 0 Å². The summed E-state index contributed by atoms with van der Waals surface area (Å²) in [5.41, 5.74) is 0.859. The second-order valence-corrected chi connectivity index (χ2v) is 6.25. The average molecular weight is 313 g/mol. The van der Waals surface area contributed by atoms with Crippen molar-refractivity contribution in [2.75, 3.05) is 0 Å². The number of nitrogens with zero attached hydrogens (tertiary/aromatic N) is 3. The Labute approximate surface area is 121 Å². The van der Waals surface area contributed by atoms with E-state index in [1.54, 1.807) is 14.0 Å². The predicted molar refractivity (Wildman–Crippen MR) is 72.0 cm³/mol. The molecule has 9 nitrogen and oxygen atoms in total. The van der Waals surface area contributed by atoms with Crippen LogP contribution < -0.4 is 4.72 Å². The highest BCUT2D eigenvalue weighted by molar-refractivity contribution is 7.89. The molecular weight excluding hydrogens is 298 g/mol. The second kappa shape index (κ2) is 5.30. The molecule has 2 aromatic rings. The van der Waals surface area contributed by atoms with Crippen LogP contribution in [0.15, 0.2) is 17.3 Å². The van der Waals surface area contributed by atoms with Gasteiger partial charge in [-0.2, -0.15) is 14.9 Å². The minimum absolute atomic E-state index is 0.0439. The van der Waals surface area contributed by atoms with Gasteiger partial charge in [-0.1, -0.05) is 0 Å². The summed E-state index contributed by atoms with van der Waals surface area (Å²) >= 11 is 0. The van der Waals surface area contributed by atoms with Crippen molar-refractivity contribution in [1.29, 1.82) is 0 Å². The van der Waals surface area contributed by atoms with Gasteiger partial charge in [0.15, 0.2) is 0 Å². The van der Waals surface area contributed by atoms with Gasteiger partial charge < -0.3 is 5.11 Å². The molecule has 114 valence electrons. The Kier molecular flexibility index (Phi) is 3.83. The number of carboxylic acids is 1. The highest BCUT2D eigenvalue weighted by atomic mass is 32.2. The number of hydrogen-bond donors (Lipinski definition) is 3. The van der Waals surface area contributed by atoms with Gasteiger partial charge in [0.25, 0.3) is 0 Å². The van der Waals surface area contributed by atoms with E-state index >= 15 is 0 Å². The smallest absolute Gasteiger partial charge is 0.326 e. The minimum Gasteiger partial charge on any atom is -0.480 e. The van der Waals surface area contributed by atoms with Crippen LogP contribution in [0.3, 0.4) is 0 Å². The van der Waals surface area contributed by atoms with Crippen molar-refractivity contribution in [3.8, 4) is 0 Å². The number of aromatic nitrogens is 4. The standard InChI is InChI=1S/C11H15N5O4S/c1-6-10(7(2)14-13-6)21(19,20)15-9(11(17)18)8-4-12-16(3)5-8/h4-5,9,15H,1-3H3,(H,13,14)(H,17,18). The first-order valence-electron chi connectivity index (χ1n) is 5.97. The Morgan fingerprint density at radius 3 is 2.57 bits per heavy atom. The fraction of sp³-hybridized carbons (Fsp3) is 0.364. The molecule has 0 radical (unpaired) electrons. The summed E-state index contributed by atoms with van der Waals surface area (Å²) in [4.78, 5) is 11.3. The molecule has 0 spiro atoms. The molecule has 0 aliphatic rings. The Balaban J connectivity index is 2.39. The maximum atomic E-state index is 12.4. The monoisotopic (exact) mass is 313 g/mol. The molecule has 1 atom stereocenters. The van der Waals surface area contributed by atoms with E-state index in [9.17, 15) is 18.3 Å². The summed E-state index contributed by atoms with van der Waals surface area (Å²) < 4.78 is 28.3. The third-order valence-corrected chi connectivity index (χ3v) is 4.59. The minimum atomic E-state index is -4.02. The molecule has 0 aromatic carbocycles. The maximum absolute atomic E-state index is 12.4. The van der Waals surface area contributed by atoms with Gasteiger partial charge in [-0.25, -0.2) is 8.42 Å². The van der Waals surface area contributed by atoms with Crippen LogP contribution in [0.4, 0.5) is 0 Å². The first kappa shape index (κ1) is 15.2. The Bertz CT molecular complexity index is 757. The number of H-pyrrole nitrogens is 1. The number of hydrogen-bond acceptors (Lipinski definition) is 5. The van der Waals surface area contributed by atoms with Crippen molar-refractivity contribution in [1.82, 2.24) is 24.7 Å².